The molecule has 0 amide bonds. The molecular formula is C30H42O5. The van der Waals surface area contributed by atoms with Crippen LogP contribution in [0.25, 0.3) is 0 Å². The molecular weight excluding hydrogens is 440 g/mol. The number of ether oxygens (including phenoxy) is 2. The Morgan fingerprint density at radius 1 is 1.26 bits per heavy atom. The van der Waals surface area contributed by atoms with Crippen molar-refractivity contribution < 1.29 is 24.2 Å². The quantitative estimate of drug-likeness (QED) is 0.144. The van der Waals surface area contributed by atoms with Gasteiger partial charge in [0, 0.05) is 18.8 Å². The molecule has 4 atom stereocenters. The highest BCUT2D eigenvalue weighted by atomic mass is 16.5. The number of methoxy groups -OCH3 is 1. The second kappa shape index (κ2) is 16.1. The van der Waals surface area contributed by atoms with E-state index in [0.29, 0.717) is 25.4 Å². The van der Waals surface area contributed by atoms with Crippen LogP contribution in [0, 0.1) is 17.8 Å². The molecule has 1 N–H and O–H groups in total. The minimum Gasteiger partial charge on any atom is -0.493 e. The first-order chi connectivity index (χ1) is 17.0. The fourth-order valence-electron chi connectivity index (χ4n) is 4.56. The SMILES string of the molecule is CCCCCCc1cccc(OCC/C=C/[C@H]2[C@H](C)CC(=O)[C@@H]2CC=C=CCC(O)C(=O)OC)c1. The van der Waals surface area contributed by atoms with Gasteiger partial charge in [-0.15, -0.1) is 5.73 Å². The van der Waals surface area contributed by atoms with Gasteiger partial charge in [-0.05, 0) is 67.4 Å². The third kappa shape index (κ3) is 10.3. The summed E-state index contributed by atoms with van der Waals surface area (Å²) in [6, 6.07) is 8.39. The Labute approximate surface area is 210 Å². The predicted molar refractivity (Wildman–Crippen MR) is 139 cm³/mol. The van der Waals surface area contributed by atoms with Gasteiger partial charge in [-0.25, -0.2) is 4.79 Å². The number of aliphatic hydroxyl groups excluding tert-OH is 1. The van der Waals surface area contributed by atoms with Gasteiger partial charge in [0.05, 0.1) is 13.7 Å². The molecule has 1 aliphatic rings. The average molecular weight is 483 g/mol. The van der Waals surface area contributed by atoms with Crippen molar-refractivity contribution in [2.45, 2.75) is 77.7 Å². The predicted octanol–water partition coefficient (Wildman–Crippen LogP) is 6.00. The van der Waals surface area contributed by atoms with E-state index in [2.05, 4.69) is 54.7 Å². The fourth-order valence-corrected chi connectivity index (χ4v) is 4.56. The summed E-state index contributed by atoms with van der Waals surface area (Å²) in [5, 5.41) is 9.59. The van der Waals surface area contributed by atoms with Gasteiger partial charge in [-0.3, -0.25) is 4.79 Å². The van der Waals surface area contributed by atoms with Gasteiger partial charge < -0.3 is 14.6 Å². The van der Waals surface area contributed by atoms with E-state index in [4.69, 9.17) is 4.74 Å². The third-order valence-electron chi connectivity index (χ3n) is 6.61. The van der Waals surface area contributed by atoms with Crippen LogP contribution >= 0.6 is 0 Å². The van der Waals surface area contributed by atoms with Gasteiger partial charge in [-0.1, -0.05) is 57.4 Å². The standard InChI is InChI=1S/C30H42O5/c1-4-5-6-8-14-24-15-13-16-25(22-24)35-20-12-11-17-26-23(2)21-29(32)27(26)18-9-7-10-19-28(31)30(33)34-3/h9-11,13,15-17,22-23,26-28,31H,4-6,8,12,14,18-21H2,1-3H3/b17-11+/t7?,23-,26+,27-,28?/m1/s1. The molecule has 1 aromatic carbocycles. The summed E-state index contributed by atoms with van der Waals surface area (Å²) in [6.07, 6.45) is 14.8. The topological polar surface area (TPSA) is 72.8 Å². The first kappa shape index (κ1) is 28.6. The lowest BCUT2D eigenvalue weighted by Crippen LogP contribution is -2.20. The van der Waals surface area contributed by atoms with Crippen molar-refractivity contribution in [3.8, 4) is 5.75 Å². The Kier molecular flexibility index (Phi) is 13.2. The van der Waals surface area contributed by atoms with Crippen molar-refractivity contribution in [2.75, 3.05) is 13.7 Å². The molecule has 0 heterocycles. The Morgan fingerprint density at radius 2 is 2.09 bits per heavy atom. The molecule has 1 fully saturated rings. The maximum absolute atomic E-state index is 12.5. The molecule has 1 saturated carbocycles. The lowest BCUT2D eigenvalue weighted by molar-refractivity contribution is -0.150. The summed E-state index contributed by atoms with van der Waals surface area (Å²) in [5.41, 5.74) is 4.31. The first-order valence-electron chi connectivity index (χ1n) is 13.0. The second-order valence-corrected chi connectivity index (χ2v) is 9.44. The summed E-state index contributed by atoms with van der Waals surface area (Å²) < 4.78 is 10.4. The van der Waals surface area contributed by atoms with Crippen molar-refractivity contribution in [3.63, 3.8) is 0 Å². The number of allylic oxidation sites excluding steroid dienone is 1. The fraction of sp³-hybridized carbons (Fsp3) is 0.567. The number of aliphatic hydroxyl groups is 1. The van der Waals surface area contributed by atoms with Crippen LogP contribution in [-0.2, 0) is 20.7 Å². The van der Waals surface area contributed by atoms with E-state index in [1.807, 2.05) is 12.1 Å². The highest BCUT2D eigenvalue weighted by Gasteiger charge is 2.37. The number of hydrogen-bond acceptors (Lipinski definition) is 5. The molecule has 0 aromatic heterocycles. The summed E-state index contributed by atoms with van der Waals surface area (Å²) in [4.78, 5) is 23.7. The number of ketones is 1. The Bertz CT molecular complexity index is 880. The largest absolute Gasteiger partial charge is 0.493 e. The Morgan fingerprint density at radius 3 is 2.86 bits per heavy atom. The van der Waals surface area contributed by atoms with Crippen LogP contribution < -0.4 is 4.74 Å². The maximum atomic E-state index is 12.5. The lowest BCUT2D eigenvalue weighted by atomic mass is 9.87. The van der Waals surface area contributed by atoms with Gasteiger partial charge in [0.15, 0.2) is 6.10 Å². The molecule has 0 radical (unpaired) electrons. The third-order valence-corrected chi connectivity index (χ3v) is 6.61. The zero-order valence-corrected chi connectivity index (χ0v) is 21.6. The van der Waals surface area contributed by atoms with E-state index in [1.165, 1.54) is 38.4 Å². The molecule has 5 nitrogen and oxygen atoms in total. The van der Waals surface area contributed by atoms with Crippen LogP contribution in [0.1, 0.15) is 70.8 Å². The van der Waals surface area contributed by atoms with E-state index in [-0.39, 0.29) is 24.0 Å². The molecule has 1 aliphatic carbocycles. The maximum Gasteiger partial charge on any atom is 0.335 e. The normalized spacial score (nSPS) is 20.5. The zero-order chi connectivity index (χ0) is 25.5. The van der Waals surface area contributed by atoms with Crippen LogP contribution in [0.2, 0.25) is 0 Å². The van der Waals surface area contributed by atoms with Crippen LogP contribution in [0.3, 0.4) is 0 Å². The highest BCUT2D eigenvalue weighted by Crippen LogP contribution is 2.37. The minimum atomic E-state index is -1.18. The molecule has 0 saturated heterocycles. The number of carbonyl (C=O) groups excluding carboxylic acids is 2. The molecule has 1 aromatic rings. The average Bonchev–Trinajstić information content (AvgIpc) is 3.12. The number of benzene rings is 1. The number of rotatable bonds is 15. The number of carbonyl (C=O) groups is 2. The van der Waals surface area contributed by atoms with E-state index >= 15 is 0 Å². The molecule has 0 bridgehead atoms. The molecule has 35 heavy (non-hydrogen) atoms. The Balaban J connectivity index is 1.79. The monoisotopic (exact) mass is 482 g/mol. The minimum absolute atomic E-state index is 0.0574. The Hall–Kier alpha value is -2.62. The second-order valence-electron chi connectivity index (χ2n) is 9.44. The van der Waals surface area contributed by atoms with Gasteiger partial charge in [0.2, 0.25) is 0 Å². The van der Waals surface area contributed by atoms with Crippen LogP contribution in [0.15, 0.2) is 54.3 Å². The van der Waals surface area contributed by atoms with Gasteiger partial charge in [0.1, 0.15) is 11.5 Å². The molecule has 0 aliphatic heterocycles. The summed E-state index contributed by atoms with van der Waals surface area (Å²) >= 11 is 0. The van der Waals surface area contributed by atoms with Gasteiger partial charge in [0.25, 0.3) is 0 Å². The van der Waals surface area contributed by atoms with Crippen molar-refractivity contribution in [1.29, 1.82) is 0 Å². The molecule has 2 rings (SSSR count). The van der Waals surface area contributed by atoms with Gasteiger partial charge >= 0.3 is 5.97 Å². The number of hydrogen-bond donors (Lipinski definition) is 1. The molecule has 192 valence electrons. The van der Waals surface area contributed by atoms with Crippen molar-refractivity contribution in [2.24, 2.45) is 17.8 Å². The van der Waals surface area contributed by atoms with Crippen LogP contribution in [-0.4, -0.2) is 36.7 Å². The van der Waals surface area contributed by atoms with Crippen molar-refractivity contribution in [1.82, 2.24) is 0 Å². The summed E-state index contributed by atoms with van der Waals surface area (Å²) in [5.74, 6) is 1.00. The van der Waals surface area contributed by atoms with E-state index < -0.39 is 12.1 Å². The smallest absolute Gasteiger partial charge is 0.335 e. The number of Topliss-reactive ketones (excluding diaryl/α,β-unsaturated/α-hetero) is 1. The number of unbranched alkanes of at least 4 members (excludes halogenated alkanes) is 3. The molecule has 0 spiro atoms. The van der Waals surface area contributed by atoms with Gasteiger partial charge in [-0.2, -0.15) is 0 Å². The van der Waals surface area contributed by atoms with E-state index in [1.54, 1.807) is 6.08 Å². The van der Waals surface area contributed by atoms with E-state index in [9.17, 15) is 14.7 Å². The van der Waals surface area contributed by atoms with E-state index in [0.717, 1.165) is 18.6 Å². The molecule has 5 heteroatoms. The summed E-state index contributed by atoms with van der Waals surface area (Å²) in [6.45, 7) is 4.97. The zero-order valence-electron chi connectivity index (χ0n) is 21.6. The number of esters is 1. The van der Waals surface area contributed by atoms with Crippen molar-refractivity contribution >= 4 is 11.8 Å². The van der Waals surface area contributed by atoms with Crippen molar-refractivity contribution in [3.05, 3.63) is 59.9 Å². The summed E-state index contributed by atoms with van der Waals surface area (Å²) in [7, 11) is 1.24. The highest BCUT2D eigenvalue weighted by molar-refractivity contribution is 5.84. The van der Waals surface area contributed by atoms with Crippen LogP contribution in [0.5, 0.6) is 5.75 Å². The number of aryl methyl sites for hydroxylation is 1. The first-order valence-corrected chi connectivity index (χ1v) is 13.0. The molecule has 1 unspecified atom stereocenters. The van der Waals surface area contributed by atoms with Crippen LogP contribution in [0.4, 0.5) is 0 Å². The lowest BCUT2D eigenvalue weighted by Gasteiger charge is -2.16.